The molecule has 22 heavy (non-hydrogen) atoms. The van der Waals surface area contributed by atoms with E-state index in [0.29, 0.717) is 12.1 Å². The van der Waals surface area contributed by atoms with Crippen LogP contribution in [0.4, 0.5) is 0 Å². The number of rotatable bonds is 7. The van der Waals surface area contributed by atoms with Crippen molar-refractivity contribution in [2.45, 2.75) is 19.5 Å². The molecular weight excluding hydrogens is 286 g/mol. The van der Waals surface area contributed by atoms with E-state index in [0.717, 1.165) is 11.3 Å². The number of amides is 1. The van der Waals surface area contributed by atoms with Gasteiger partial charge in [-0.2, -0.15) is 5.10 Å². The van der Waals surface area contributed by atoms with Gasteiger partial charge in [-0.1, -0.05) is 12.1 Å². The van der Waals surface area contributed by atoms with Crippen LogP contribution in [-0.4, -0.2) is 33.9 Å². The third-order valence-electron chi connectivity index (χ3n) is 3.06. The third kappa shape index (κ3) is 4.34. The van der Waals surface area contributed by atoms with Gasteiger partial charge < -0.3 is 15.2 Å². The van der Waals surface area contributed by atoms with Gasteiger partial charge in [0, 0.05) is 12.7 Å². The zero-order valence-corrected chi connectivity index (χ0v) is 12.2. The summed E-state index contributed by atoms with van der Waals surface area (Å²) < 4.78 is 6.51. The van der Waals surface area contributed by atoms with Crippen molar-refractivity contribution in [3.05, 3.63) is 47.8 Å². The zero-order chi connectivity index (χ0) is 15.9. The molecule has 2 rings (SSSR count). The molecule has 0 saturated heterocycles. The number of benzene rings is 1. The van der Waals surface area contributed by atoms with Crippen LogP contribution in [0.3, 0.4) is 0 Å². The summed E-state index contributed by atoms with van der Waals surface area (Å²) in [6.07, 6.45) is 2.92. The molecule has 2 N–H and O–H groups in total. The van der Waals surface area contributed by atoms with Gasteiger partial charge in [0.1, 0.15) is 5.75 Å². The van der Waals surface area contributed by atoms with E-state index in [9.17, 15) is 9.59 Å². The fourth-order valence-corrected chi connectivity index (χ4v) is 1.84. The van der Waals surface area contributed by atoms with Crippen LogP contribution in [0.2, 0.25) is 0 Å². The number of carboxylic acids is 1. The van der Waals surface area contributed by atoms with Crippen molar-refractivity contribution in [1.29, 1.82) is 0 Å². The van der Waals surface area contributed by atoms with Gasteiger partial charge in [-0.15, -0.1) is 0 Å². The van der Waals surface area contributed by atoms with Crippen LogP contribution in [0, 0.1) is 0 Å². The molecule has 0 spiro atoms. The molecule has 0 fully saturated rings. The summed E-state index contributed by atoms with van der Waals surface area (Å²) in [4.78, 5) is 22.5. The summed E-state index contributed by atoms with van der Waals surface area (Å²) in [6.45, 7) is 0.629. The van der Waals surface area contributed by atoms with E-state index in [2.05, 4.69) is 10.4 Å². The molecular formula is C15H17N3O4. The van der Waals surface area contributed by atoms with E-state index in [-0.39, 0.29) is 18.9 Å². The minimum atomic E-state index is -0.902. The number of carbonyl (C=O) groups excluding carboxylic acids is 1. The lowest BCUT2D eigenvalue weighted by Gasteiger charge is -2.05. The molecule has 0 aliphatic heterocycles. The molecule has 1 heterocycles. The van der Waals surface area contributed by atoms with Crippen molar-refractivity contribution >= 4 is 11.9 Å². The number of carbonyl (C=O) groups is 2. The number of aromatic nitrogens is 2. The largest absolute Gasteiger partial charge is 0.497 e. The maximum atomic E-state index is 12.0. The molecule has 1 aromatic heterocycles. The monoisotopic (exact) mass is 303 g/mol. The standard InChI is InChI=1S/C15H17N3O4/c1-22-13-4-2-11(3-5-13)8-16-15(21)12-9-17-18(10-12)7-6-14(19)20/h2-5,9-10H,6-8H2,1H3,(H,16,21)(H,19,20). The van der Waals surface area contributed by atoms with Gasteiger partial charge in [0.25, 0.3) is 5.91 Å². The topological polar surface area (TPSA) is 93.5 Å². The van der Waals surface area contributed by atoms with Gasteiger partial charge in [0.2, 0.25) is 0 Å². The molecule has 0 radical (unpaired) electrons. The number of hydrogen-bond acceptors (Lipinski definition) is 4. The molecule has 1 amide bonds. The number of methoxy groups -OCH3 is 1. The fourth-order valence-electron chi connectivity index (χ4n) is 1.84. The second-order valence-corrected chi connectivity index (χ2v) is 4.67. The maximum Gasteiger partial charge on any atom is 0.305 e. The van der Waals surface area contributed by atoms with Crippen LogP contribution in [-0.2, 0) is 17.9 Å². The van der Waals surface area contributed by atoms with E-state index in [1.807, 2.05) is 24.3 Å². The van der Waals surface area contributed by atoms with Gasteiger partial charge in [-0.25, -0.2) is 0 Å². The number of aryl methyl sites for hydroxylation is 1. The normalized spacial score (nSPS) is 10.2. The predicted molar refractivity (Wildman–Crippen MR) is 78.6 cm³/mol. The highest BCUT2D eigenvalue weighted by Crippen LogP contribution is 2.11. The number of nitrogens with zero attached hydrogens (tertiary/aromatic N) is 2. The molecule has 116 valence electrons. The Morgan fingerprint density at radius 3 is 2.68 bits per heavy atom. The fraction of sp³-hybridized carbons (Fsp3) is 0.267. The third-order valence-corrected chi connectivity index (χ3v) is 3.06. The predicted octanol–water partition coefficient (Wildman–Crippen LogP) is 1.30. The van der Waals surface area contributed by atoms with Crippen molar-refractivity contribution in [3.8, 4) is 5.75 Å². The molecule has 0 atom stereocenters. The first-order valence-corrected chi connectivity index (χ1v) is 6.74. The average Bonchev–Trinajstić information content (AvgIpc) is 3.00. The first-order valence-electron chi connectivity index (χ1n) is 6.74. The van der Waals surface area contributed by atoms with Gasteiger partial charge in [-0.05, 0) is 17.7 Å². The van der Waals surface area contributed by atoms with Gasteiger partial charge >= 0.3 is 5.97 Å². The summed E-state index contributed by atoms with van der Waals surface area (Å²) in [5.74, 6) is -0.395. The molecule has 0 bridgehead atoms. The molecule has 0 aliphatic rings. The van der Waals surface area contributed by atoms with Gasteiger partial charge in [0.15, 0.2) is 0 Å². The van der Waals surface area contributed by atoms with E-state index in [1.54, 1.807) is 7.11 Å². The molecule has 0 saturated carbocycles. The number of carboxylic acid groups (broad SMARTS) is 1. The first kappa shape index (κ1) is 15.6. The smallest absolute Gasteiger partial charge is 0.305 e. The van der Waals surface area contributed by atoms with E-state index < -0.39 is 5.97 Å². The summed E-state index contributed by atoms with van der Waals surface area (Å²) in [5, 5.41) is 15.4. The number of nitrogens with one attached hydrogen (secondary N) is 1. The molecule has 7 heteroatoms. The Hall–Kier alpha value is -2.83. The van der Waals surface area contributed by atoms with Crippen LogP contribution in [0.15, 0.2) is 36.7 Å². The molecule has 1 aromatic carbocycles. The van der Waals surface area contributed by atoms with Crippen LogP contribution in [0.25, 0.3) is 0 Å². The van der Waals surface area contributed by atoms with E-state index >= 15 is 0 Å². The highest BCUT2D eigenvalue weighted by molar-refractivity contribution is 5.93. The highest BCUT2D eigenvalue weighted by Gasteiger charge is 2.09. The van der Waals surface area contributed by atoms with Crippen LogP contribution in [0.1, 0.15) is 22.3 Å². The van der Waals surface area contributed by atoms with E-state index in [4.69, 9.17) is 9.84 Å². The Morgan fingerprint density at radius 2 is 2.05 bits per heavy atom. The van der Waals surface area contributed by atoms with Crippen molar-refractivity contribution in [2.24, 2.45) is 0 Å². The summed E-state index contributed by atoms with van der Waals surface area (Å²) in [7, 11) is 1.60. The van der Waals surface area contributed by atoms with Crippen molar-refractivity contribution < 1.29 is 19.4 Å². The Labute approximate surface area is 127 Å². The van der Waals surface area contributed by atoms with Crippen molar-refractivity contribution in [3.63, 3.8) is 0 Å². The molecule has 0 aliphatic carbocycles. The highest BCUT2D eigenvalue weighted by atomic mass is 16.5. The summed E-state index contributed by atoms with van der Waals surface area (Å²) in [6, 6.07) is 7.39. The van der Waals surface area contributed by atoms with Gasteiger partial charge in [0.05, 0.1) is 31.8 Å². The van der Waals surface area contributed by atoms with Crippen molar-refractivity contribution in [2.75, 3.05) is 7.11 Å². The Morgan fingerprint density at radius 1 is 1.32 bits per heavy atom. The minimum Gasteiger partial charge on any atom is -0.497 e. The molecule has 2 aromatic rings. The lowest BCUT2D eigenvalue weighted by molar-refractivity contribution is -0.137. The lowest BCUT2D eigenvalue weighted by Crippen LogP contribution is -2.22. The number of ether oxygens (including phenoxy) is 1. The SMILES string of the molecule is COc1ccc(CNC(=O)c2cnn(CCC(=O)O)c2)cc1. The van der Waals surface area contributed by atoms with Crippen LogP contribution >= 0.6 is 0 Å². The van der Waals surface area contributed by atoms with Gasteiger partial charge in [-0.3, -0.25) is 14.3 Å². The Bertz CT molecular complexity index is 649. The molecule has 0 unspecified atom stereocenters. The molecule has 7 nitrogen and oxygen atoms in total. The van der Waals surface area contributed by atoms with E-state index in [1.165, 1.54) is 17.1 Å². The number of aliphatic carboxylic acids is 1. The second kappa shape index (κ2) is 7.26. The first-order chi connectivity index (χ1) is 10.6. The second-order valence-electron chi connectivity index (χ2n) is 4.67. The quantitative estimate of drug-likeness (QED) is 0.804. The zero-order valence-electron chi connectivity index (χ0n) is 12.2. The Kier molecular flexibility index (Phi) is 5.13. The average molecular weight is 303 g/mol. The minimum absolute atomic E-state index is 0.0331. The maximum absolute atomic E-state index is 12.0. The summed E-state index contributed by atoms with van der Waals surface area (Å²) >= 11 is 0. The van der Waals surface area contributed by atoms with Crippen molar-refractivity contribution in [1.82, 2.24) is 15.1 Å². The lowest BCUT2D eigenvalue weighted by atomic mass is 10.2. The van der Waals surface area contributed by atoms with Crippen LogP contribution in [0.5, 0.6) is 5.75 Å². The van der Waals surface area contributed by atoms with Crippen LogP contribution < -0.4 is 10.1 Å². The Balaban J connectivity index is 1.87. The summed E-state index contributed by atoms with van der Waals surface area (Å²) in [5.41, 5.74) is 1.35. The number of hydrogen-bond donors (Lipinski definition) is 2.